The molecule has 1 atom stereocenters. The number of carboxylic acid groups (broad SMARTS) is 1. The second kappa shape index (κ2) is 6.52. The summed E-state index contributed by atoms with van der Waals surface area (Å²) in [6.45, 7) is 4.47. The predicted molar refractivity (Wildman–Crippen MR) is 82.7 cm³/mol. The number of rotatable bonds is 4. The third kappa shape index (κ3) is 3.79. The van der Waals surface area contributed by atoms with Gasteiger partial charge in [-0.05, 0) is 25.5 Å². The summed E-state index contributed by atoms with van der Waals surface area (Å²) in [7, 11) is 0. The molecule has 0 amide bonds. The van der Waals surface area contributed by atoms with Gasteiger partial charge in [0.25, 0.3) is 0 Å². The molecule has 0 aromatic carbocycles. The summed E-state index contributed by atoms with van der Waals surface area (Å²) in [5, 5.41) is 13.0. The molecule has 2 N–H and O–H groups in total. The number of hydrogen-bond acceptors (Lipinski definition) is 5. The van der Waals surface area contributed by atoms with Crippen LogP contribution in [0, 0.1) is 13.8 Å². The zero-order chi connectivity index (χ0) is 13.8. The van der Waals surface area contributed by atoms with E-state index >= 15 is 0 Å². The van der Waals surface area contributed by atoms with Crippen LogP contribution in [-0.4, -0.2) is 45.1 Å². The van der Waals surface area contributed by atoms with E-state index in [9.17, 15) is 9.90 Å². The SMILES string of the molecule is Cc1cc(C)c(C(=O)O)c(NCC2CSCCS2)n1. The van der Waals surface area contributed by atoms with Crippen LogP contribution >= 0.6 is 23.5 Å². The maximum absolute atomic E-state index is 11.3. The fraction of sp³-hybridized carbons (Fsp3) is 0.538. The zero-order valence-corrected chi connectivity index (χ0v) is 12.7. The molecule has 0 spiro atoms. The van der Waals surface area contributed by atoms with Crippen molar-refractivity contribution in [3.8, 4) is 0 Å². The Morgan fingerprint density at radius 2 is 2.32 bits per heavy atom. The number of pyridine rings is 1. The molecule has 2 heterocycles. The third-order valence-electron chi connectivity index (χ3n) is 2.94. The van der Waals surface area contributed by atoms with Crippen LogP contribution in [0.15, 0.2) is 6.07 Å². The van der Waals surface area contributed by atoms with E-state index < -0.39 is 5.97 Å². The number of nitrogens with one attached hydrogen (secondary N) is 1. The van der Waals surface area contributed by atoms with E-state index in [1.807, 2.05) is 37.4 Å². The Hall–Kier alpha value is -0.880. The number of hydrogen-bond donors (Lipinski definition) is 2. The molecule has 0 aliphatic carbocycles. The number of carbonyl (C=O) groups is 1. The minimum Gasteiger partial charge on any atom is -0.478 e. The molecular formula is C13H18N2O2S2. The first kappa shape index (κ1) is 14.5. The molecule has 1 aliphatic heterocycles. The molecule has 104 valence electrons. The van der Waals surface area contributed by atoms with Crippen LogP contribution in [0.25, 0.3) is 0 Å². The fourth-order valence-corrected chi connectivity index (χ4v) is 4.71. The Morgan fingerprint density at radius 3 is 2.95 bits per heavy atom. The molecule has 19 heavy (non-hydrogen) atoms. The van der Waals surface area contributed by atoms with Crippen molar-refractivity contribution in [2.45, 2.75) is 19.1 Å². The molecule has 1 saturated heterocycles. The fourth-order valence-electron chi connectivity index (χ4n) is 2.10. The molecule has 1 unspecified atom stereocenters. The average molecular weight is 298 g/mol. The van der Waals surface area contributed by atoms with Gasteiger partial charge >= 0.3 is 5.97 Å². The smallest absolute Gasteiger partial charge is 0.339 e. The number of aromatic carboxylic acids is 1. The van der Waals surface area contributed by atoms with Crippen LogP contribution < -0.4 is 5.32 Å². The van der Waals surface area contributed by atoms with Gasteiger partial charge in [-0.3, -0.25) is 0 Å². The van der Waals surface area contributed by atoms with Gasteiger partial charge in [0.1, 0.15) is 11.4 Å². The second-order valence-electron chi connectivity index (χ2n) is 4.56. The van der Waals surface area contributed by atoms with Gasteiger partial charge in [-0.2, -0.15) is 23.5 Å². The van der Waals surface area contributed by atoms with Gasteiger partial charge in [0.05, 0.1) is 0 Å². The van der Waals surface area contributed by atoms with Gasteiger partial charge in [-0.25, -0.2) is 9.78 Å². The summed E-state index contributed by atoms with van der Waals surface area (Å²) in [6.07, 6.45) is 0. The summed E-state index contributed by atoms with van der Waals surface area (Å²) in [4.78, 5) is 15.6. The lowest BCUT2D eigenvalue weighted by Gasteiger charge is -2.22. The van der Waals surface area contributed by atoms with E-state index in [1.54, 1.807) is 6.07 Å². The van der Waals surface area contributed by atoms with Crippen molar-refractivity contribution in [2.75, 3.05) is 29.1 Å². The summed E-state index contributed by atoms with van der Waals surface area (Å²) < 4.78 is 0. The van der Waals surface area contributed by atoms with Crippen LogP contribution in [0.5, 0.6) is 0 Å². The second-order valence-corrected chi connectivity index (χ2v) is 7.12. The van der Waals surface area contributed by atoms with Crippen molar-refractivity contribution < 1.29 is 9.90 Å². The van der Waals surface area contributed by atoms with Crippen LogP contribution in [0.2, 0.25) is 0 Å². The van der Waals surface area contributed by atoms with Gasteiger partial charge in [0.2, 0.25) is 0 Å². The maximum Gasteiger partial charge on any atom is 0.339 e. The van der Waals surface area contributed by atoms with Crippen LogP contribution in [0.1, 0.15) is 21.6 Å². The predicted octanol–water partition coefficient (Wildman–Crippen LogP) is 2.66. The summed E-state index contributed by atoms with van der Waals surface area (Å²) in [6, 6.07) is 1.81. The monoisotopic (exact) mass is 298 g/mol. The molecule has 1 aromatic heterocycles. The number of aromatic nitrogens is 1. The topological polar surface area (TPSA) is 62.2 Å². The Bertz CT molecular complexity index is 474. The third-order valence-corrected chi connectivity index (χ3v) is 5.79. The van der Waals surface area contributed by atoms with Gasteiger partial charge in [0, 0.05) is 34.7 Å². The van der Waals surface area contributed by atoms with Crippen LogP contribution in [0.4, 0.5) is 5.82 Å². The Morgan fingerprint density at radius 1 is 1.53 bits per heavy atom. The molecule has 2 rings (SSSR count). The minimum absolute atomic E-state index is 0.291. The number of nitrogens with zero attached hydrogens (tertiary/aromatic N) is 1. The van der Waals surface area contributed by atoms with Crippen LogP contribution in [0.3, 0.4) is 0 Å². The van der Waals surface area contributed by atoms with Gasteiger partial charge in [-0.1, -0.05) is 0 Å². The maximum atomic E-state index is 11.3. The lowest BCUT2D eigenvalue weighted by molar-refractivity contribution is 0.0697. The molecule has 4 nitrogen and oxygen atoms in total. The number of aryl methyl sites for hydroxylation is 2. The van der Waals surface area contributed by atoms with Crippen molar-refractivity contribution in [2.24, 2.45) is 0 Å². The summed E-state index contributed by atoms with van der Waals surface area (Å²) in [5.74, 6) is 3.08. The Balaban J connectivity index is 2.12. The summed E-state index contributed by atoms with van der Waals surface area (Å²) >= 11 is 3.90. The van der Waals surface area contributed by atoms with Crippen LogP contribution in [-0.2, 0) is 0 Å². The van der Waals surface area contributed by atoms with Crippen molar-refractivity contribution in [3.63, 3.8) is 0 Å². The molecule has 1 aromatic rings. The first-order valence-electron chi connectivity index (χ1n) is 6.22. The largest absolute Gasteiger partial charge is 0.478 e. The van der Waals surface area contributed by atoms with Gasteiger partial charge in [-0.15, -0.1) is 0 Å². The summed E-state index contributed by atoms with van der Waals surface area (Å²) in [5.41, 5.74) is 1.89. The van der Waals surface area contributed by atoms with E-state index in [2.05, 4.69) is 10.3 Å². The lowest BCUT2D eigenvalue weighted by atomic mass is 10.1. The Labute approximate surface area is 121 Å². The number of thioether (sulfide) groups is 2. The van der Waals surface area contributed by atoms with E-state index in [-0.39, 0.29) is 0 Å². The normalized spacial score (nSPS) is 19.2. The van der Waals surface area contributed by atoms with Crippen molar-refractivity contribution in [1.82, 2.24) is 4.98 Å². The van der Waals surface area contributed by atoms with E-state index in [0.29, 0.717) is 16.6 Å². The standard InChI is InChI=1S/C13H18N2O2S2/c1-8-5-9(2)15-12(11(8)13(16)17)14-6-10-7-18-3-4-19-10/h5,10H,3-4,6-7H2,1-2H3,(H,14,15)(H,16,17). The highest BCUT2D eigenvalue weighted by Crippen LogP contribution is 2.25. The quantitative estimate of drug-likeness (QED) is 0.891. The average Bonchev–Trinajstić information content (AvgIpc) is 2.36. The van der Waals surface area contributed by atoms with Gasteiger partial charge in [0.15, 0.2) is 0 Å². The lowest BCUT2D eigenvalue weighted by Crippen LogP contribution is -2.24. The van der Waals surface area contributed by atoms with E-state index in [0.717, 1.165) is 23.6 Å². The van der Waals surface area contributed by atoms with Gasteiger partial charge < -0.3 is 10.4 Å². The zero-order valence-electron chi connectivity index (χ0n) is 11.1. The number of carboxylic acids is 1. The molecular weight excluding hydrogens is 280 g/mol. The molecule has 1 aliphatic rings. The first-order valence-corrected chi connectivity index (χ1v) is 8.43. The highest BCUT2D eigenvalue weighted by atomic mass is 32.2. The van der Waals surface area contributed by atoms with E-state index in [4.69, 9.17) is 0 Å². The molecule has 0 radical (unpaired) electrons. The van der Waals surface area contributed by atoms with E-state index in [1.165, 1.54) is 11.5 Å². The first-order chi connectivity index (χ1) is 9.08. The molecule has 1 fully saturated rings. The van der Waals surface area contributed by atoms with Crippen molar-refractivity contribution >= 4 is 35.3 Å². The Kier molecular flexibility index (Phi) is 4.99. The highest BCUT2D eigenvalue weighted by Gasteiger charge is 2.18. The van der Waals surface area contributed by atoms with Crippen molar-refractivity contribution in [1.29, 1.82) is 0 Å². The number of anilines is 1. The molecule has 0 saturated carbocycles. The highest BCUT2D eigenvalue weighted by molar-refractivity contribution is 8.06. The minimum atomic E-state index is -0.918. The molecule has 6 heteroatoms. The molecule has 0 bridgehead atoms. The van der Waals surface area contributed by atoms with Crippen molar-refractivity contribution in [3.05, 3.63) is 22.9 Å².